The van der Waals surface area contributed by atoms with E-state index in [1.54, 1.807) is 0 Å². The number of fused-ring (bicyclic) bond motifs is 1. The highest BCUT2D eigenvalue weighted by atomic mass is 16.5. The number of carbonyl (C=O) groups is 2. The minimum atomic E-state index is -0.454. The monoisotopic (exact) mass is 366 g/mol. The highest BCUT2D eigenvalue weighted by molar-refractivity contribution is 6.03. The quantitative estimate of drug-likeness (QED) is 0.626. The minimum Gasteiger partial charge on any atom is -0.469 e. The molecule has 3 aromatic rings. The molecule has 140 valence electrons. The van der Waals surface area contributed by atoms with Crippen molar-refractivity contribution >= 4 is 23.0 Å². The number of rotatable bonds is 6. The molecule has 0 unspecified atom stereocenters. The summed E-state index contributed by atoms with van der Waals surface area (Å²) in [5, 5.41) is 0. The molecule has 0 radical (unpaired) electrons. The maximum Gasteiger partial charge on any atom is 0.340 e. The molecule has 27 heavy (non-hydrogen) atoms. The van der Waals surface area contributed by atoms with Gasteiger partial charge in [-0.05, 0) is 30.5 Å². The first-order chi connectivity index (χ1) is 13.0. The predicted molar refractivity (Wildman–Crippen MR) is 102 cm³/mol. The van der Waals surface area contributed by atoms with Crippen molar-refractivity contribution in [3.8, 4) is 0 Å². The largest absolute Gasteiger partial charge is 0.469 e. The van der Waals surface area contributed by atoms with Gasteiger partial charge in [-0.25, -0.2) is 9.78 Å². The van der Waals surface area contributed by atoms with Gasteiger partial charge in [0.15, 0.2) is 0 Å². The summed E-state index contributed by atoms with van der Waals surface area (Å²) in [5.41, 5.74) is 3.74. The number of aryl methyl sites for hydroxylation is 2. The highest BCUT2D eigenvalue weighted by Gasteiger charge is 2.21. The van der Waals surface area contributed by atoms with Gasteiger partial charge in [0.25, 0.3) is 0 Å². The van der Waals surface area contributed by atoms with E-state index >= 15 is 0 Å². The van der Waals surface area contributed by atoms with E-state index in [1.165, 1.54) is 14.2 Å². The molecule has 6 heteroatoms. The van der Waals surface area contributed by atoms with Crippen LogP contribution < -0.4 is 0 Å². The first-order valence-corrected chi connectivity index (χ1v) is 8.73. The smallest absolute Gasteiger partial charge is 0.340 e. The average Bonchev–Trinajstić information content (AvgIpc) is 3.01. The summed E-state index contributed by atoms with van der Waals surface area (Å²) in [7, 11) is 2.69. The highest BCUT2D eigenvalue weighted by Crippen LogP contribution is 2.26. The summed E-state index contributed by atoms with van der Waals surface area (Å²) < 4.78 is 11.8. The summed E-state index contributed by atoms with van der Waals surface area (Å²) in [6, 6.07) is 13.9. The molecule has 1 heterocycles. The Bertz CT molecular complexity index is 977. The van der Waals surface area contributed by atoms with E-state index in [1.807, 2.05) is 37.3 Å². The van der Waals surface area contributed by atoms with Crippen LogP contribution in [0.5, 0.6) is 0 Å². The maximum atomic E-state index is 12.5. The molecule has 6 nitrogen and oxygen atoms in total. The van der Waals surface area contributed by atoms with Crippen molar-refractivity contribution in [2.24, 2.45) is 0 Å². The maximum absolute atomic E-state index is 12.5. The number of hydrogen-bond acceptors (Lipinski definition) is 5. The van der Waals surface area contributed by atoms with Crippen LogP contribution in [-0.4, -0.2) is 35.7 Å². The van der Waals surface area contributed by atoms with Crippen LogP contribution >= 0.6 is 0 Å². The lowest BCUT2D eigenvalue weighted by Crippen LogP contribution is -2.10. The van der Waals surface area contributed by atoms with E-state index in [0.29, 0.717) is 24.0 Å². The Morgan fingerprint density at radius 2 is 1.78 bits per heavy atom. The van der Waals surface area contributed by atoms with Crippen LogP contribution in [-0.2, 0) is 27.2 Å². The van der Waals surface area contributed by atoms with Gasteiger partial charge in [-0.1, -0.05) is 36.4 Å². The van der Waals surface area contributed by atoms with E-state index in [-0.39, 0.29) is 12.4 Å². The molecule has 0 atom stereocenters. The molecule has 0 spiro atoms. The summed E-state index contributed by atoms with van der Waals surface area (Å²) in [6.45, 7) is 2.57. The fourth-order valence-electron chi connectivity index (χ4n) is 3.19. The number of imidazole rings is 1. The van der Waals surface area contributed by atoms with Crippen molar-refractivity contribution in [3.05, 3.63) is 65.0 Å². The van der Waals surface area contributed by atoms with Crippen LogP contribution in [0.2, 0.25) is 0 Å². The molecule has 0 saturated carbocycles. The van der Waals surface area contributed by atoms with E-state index in [4.69, 9.17) is 9.47 Å². The Morgan fingerprint density at radius 1 is 1.04 bits per heavy atom. The third-order valence-electron chi connectivity index (χ3n) is 4.60. The minimum absolute atomic E-state index is 0.190. The van der Waals surface area contributed by atoms with Gasteiger partial charge < -0.3 is 14.0 Å². The normalized spacial score (nSPS) is 10.8. The first-order valence-electron chi connectivity index (χ1n) is 8.73. The lowest BCUT2D eigenvalue weighted by Gasteiger charge is -2.10. The molecule has 0 aliphatic carbocycles. The third-order valence-corrected chi connectivity index (χ3v) is 4.60. The van der Waals surface area contributed by atoms with Crippen molar-refractivity contribution in [2.75, 3.05) is 14.2 Å². The van der Waals surface area contributed by atoms with Gasteiger partial charge in [-0.15, -0.1) is 0 Å². The van der Waals surface area contributed by atoms with Crippen molar-refractivity contribution in [3.63, 3.8) is 0 Å². The van der Waals surface area contributed by atoms with Gasteiger partial charge in [0.2, 0.25) is 0 Å². The van der Waals surface area contributed by atoms with E-state index in [0.717, 1.165) is 22.5 Å². The second-order valence-electron chi connectivity index (χ2n) is 6.27. The van der Waals surface area contributed by atoms with E-state index in [2.05, 4.69) is 21.7 Å². The Balaban J connectivity index is 2.07. The fraction of sp³-hybridized carbons (Fsp3) is 0.286. The lowest BCUT2D eigenvalue weighted by molar-refractivity contribution is -0.140. The van der Waals surface area contributed by atoms with Crippen LogP contribution in [0.25, 0.3) is 11.0 Å². The Hall–Kier alpha value is -3.15. The second-order valence-corrected chi connectivity index (χ2v) is 6.27. The molecule has 0 N–H and O–H groups in total. The summed E-state index contributed by atoms with van der Waals surface area (Å²) in [5.74, 6) is 0.0330. The fourth-order valence-corrected chi connectivity index (χ4v) is 3.19. The molecule has 0 amide bonds. The van der Waals surface area contributed by atoms with E-state index < -0.39 is 5.97 Å². The van der Waals surface area contributed by atoms with Crippen LogP contribution in [0.1, 0.15) is 33.7 Å². The number of ether oxygens (including phenoxy) is 2. The van der Waals surface area contributed by atoms with Gasteiger partial charge in [0.1, 0.15) is 11.3 Å². The van der Waals surface area contributed by atoms with Crippen LogP contribution in [0.15, 0.2) is 42.5 Å². The van der Waals surface area contributed by atoms with Gasteiger partial charge in [0, 0.05) is 13.0 Å². The topological polar surface area (TPSA) is 70.4 Å². The summed E-state index contributed by atoms with van der Waals surface area (Å²) in [6.07, 6.45) is 0.577. The van der Waals surface area contributed by atoms with Gasteiger partial charge in [-0.3, -0.25) is 4.79 Å². The Kier molecular flexibility index (Phi) is 5.54. The second kappa shape index (κ2) is 8.03. The predicted octanol–water partition coefficient (Wildman–Crippen LogP) is 3.29. The molecular formula is C21H22N2O4. The average molecular weight is 366 g/mol. The van der Waals surface area contributed by atoms with Crippen LogP contribution in [0.4, 0.5) is 0 Å². The van der Waals surface area contributed by atoms with Crippen LogP contribution in [0.3, 0.4) is 0 Å². The van der Waals surface area contributed by atoms with Gasteiger partial charge in [0.05, 0.1) is 25.3 Å². The number of benzene rings is 2. The van der Waals surface area contributed by atoms with Gasteiger partial charge in [-0.2, -0.15) is 0 Å². The molecule has 3 rings (SSSR count). The SMILES string of the molecule is COC(=O)CCc1ccc2c(nc(C)n2Cc2ccccc2)c1C(=O)OC. The first kappa shape index (κ1) is 18.6. The Labute approximate surface area is 157 Å². The molecule has 1 aromatic heterocycles. The molecule has 0 aliphatic rings. The van der Waals surface area contributed by atoms with Crippen molar-refractivity contribution in [1.82, 2.24) is 9.55 Å². The number of hydrogen-bond donors (Lipinski definition) is 0. The summed E-state index contributed by atoms with van der Waals surface area (Å²) in [4.78, 5) is 28.6. The third kappa shape index (κ3) is 3.84. The van der Waals surface area contributed by atoms with Crippen LogP contribution in [0, 0.1) is 6.92 Å². The number of esters is 2. The zero-order chi connectivity index (χ0) is 19.4. The van der Waals surface area contributed by atoms with E-state index in [9.17, 15) is 9.59 Å². The number of nitrogens with zero attached hydrogens (tertiary/aromatic N) is 2. The zero-order valence-corrected chi connectivity index (χ0v) is 15.7. The standard InChI is InChI=1S/C21H22N2O4/c1-14-22-20-17(23(14)13-15-7-5-4-6-8-15)11-9-16(10-12-18(24)26-2)19(20)21(25)27-3/h4-9,11H,10,12-13H2,1-3H3. The van der Waals surface area contributed by atoms with Crippen molar-refractivity contribution in [2.45, 2.75) is 26.3 Å². The number of aromatic nitrogens is 2. The number of carbonyl (C=O) groups excluding carboxylic acids is 2. The number of methoxy groups -OCH3 is 2. The molecule has 0 bridgehead atoms. The molecular weight excluding hydrogens is 344 g/mol. The summed E-state index contributed by atoms with van der Waals surface area (Å²) >= 11 is 0. The lowest BCUT2D eigenvalue weighted by atomic mass is 10.0. The molecule has 0 saturated heterocycles. The molecule has 2 aromatic carbocycles. The Morgan fingerprint density at radius 3 is 2.44 bits per heavy atom. The van der Waals surface area contributed by atoms with Crippen molar-refractivity contribution < 1.29 is 19.1 Å². The van der Waals surface area contributed by atoms with Gasteiger partial charge >= 0.3 is 11.9 Å². The van der Waals surface area contributed by atoms with Crippen molar-refractivity contribution in [1.29, 1.82) is 0 Å². The molecule has 0 aliphatic heterocycles. The zero-order valence-electron chi connectivity index (χ0n) is 15.7. The molecule has 0 fully saturated rings.